The molecule has 1 fully saturated rings. The van der Waals surface area contributed by atoms with Gasteiger partial charge in [0.1, 0.15) is 0 Å². The second kappa shape index (κ2) is 5.10. The number of aromatic nitrogens is 2. The highest BCUT2D eigenvalue weighted by Gasteiger charge is 2.16. The van der Waals surface area contributed by atoms with E-state index in [4.69, 9.17) is 0 Å². The van der Waals surface area contributed by atoms with Crippen LogP contribution in [0.3, 0.4) is 0 Å². The third kappa shape index (κ3) is 3.48. The Bertz CT molecular complexity index is 347. The lowest BCUT2D eigenvalue weighted by atomic mass is 9.93. The van der Waals surface area contributed by atoms with Gasteiger partial charge >= 0.3 is 0 Å². The molecule has 0 saturated carbocycles. The number of piperazine rings is 1. The van der Waals surface area contributed by atoms with Gasteiger partial charge in [0, 0.05) is 44.3 Å². The topological polar surface area (TPSA) is 41.1 Å². The predicted octanol–water partition coefficient (Wildman–Crippen LogP) is 1.18. The highest BCUT2D eigenvalue weighted by Crippen LogP contribution is 2.18. The van der Waals surface area contributed by atoms with Crippen LogP contribution in [-0.2, 0) is 12.0 Å². The Morgan fingerprint density at radius 1 is 1.18 bits per heavy atom. The molecule has 1 aromatic heterocycles. The van der Waals surface area contributed by atoms with Crippen molar-refractivity contribution >= 4 is 0 Å². The van der Waals surface area contributed by atoms with E-state index in [1.54, 1.807) is 0 Å². The zero-order valence-corrected chi connectivity index (χ0v) is 11.0. The maximum Gasteiger partial charge on any atom is 0.0727 e. The molecule has 1 aliphatic heterocycles. The molecule has 0 atom stereocenters. The smallest absolute Gasteiger partial charge is 0.0727 e. The van der Waals surface area contributed by atoms with Gasteiger partial charge in [0.05, 0.1) is 17.6 Å². The van der Waals surface area contributed by atoms with Crippen molar-refractivity contribution in [1.29, 1.82) is 0 Å². The molecule has 0 spiro atoms. The highest BCUT2D eigenvalue weighted by atomic mass is 15.2. The fraction of sp³-hybridized carbons (Fsp3) is 0.692. The van der Waals surface area contributed by atoms with Gasteiger partial charge in [0.15, 0.2) is 0 Å². The normalized spacial score (nSPS) is 18.3. The van der Waals surface area contributed by atoms with Crippen molar-refractivity contribution in [2.75, 3.05) is 26.2 Å². The van der Waals surface area contributed by atoms with Crippen LogP contribution in [0.2, 0.25) is 0 Å². The first kappa shape index (κ1) is 12.5. The number of rotatable bonds is 2. The maximum absolute atomic E-state index is 4.51. The summed E-state index contributed by atoms with van der Waals surface area (Å²) in [5.74, 6) is 0. The molecule has 0 amide bonds. The van der Waals surface area contributed by atoms with Crippen molar-refractivity contribution in [2.24, 2.45) is 0 Å². The first-order chi connectivity index (χ1) is 8.05. The molecule has 0 bridgehead atoms. The standard InChI is InChI=1S/C13H22N4/c1-13(2,3)12-9-15-11(8-16-12)10-17-6-4-14-5-7-17/h8-9,14H,4-7,10H2,1-3H3. The van der Waals surface area contributed by atoms with Crippen LogP contribution in [-0.4, -0.2) is 41.0 Å². The van der Waals surface area contributed by atoms with Crippen molar-refractivity contribution in [3.8, 4) is 0 Å². The molecule has 1 saturated heterocycles. The molecule has 1 aliphatic rings. The maximum atomic E-state index is 4.51. The summed E-state index contributed by atoms with van der Waals surface area (Å²) >= 11 is 0. The zero-order valence-electron chi connectivity index (χ0n) is 11.0. The third-order valence-electron chi connectivity index (χ3n) is 3.07. The minimum Gasteiger partial charge on any atom is -0.314 e. The van der Waals surface area contributed by atoms with E-state index in [0.29, 0.717) is 0 Å². The molecule has 0 aromatic carbocycles. The summed E-state index contributed by atoms with van der Waals surface area (Å²) in [5.41, 5.74) is 2.21. The second-order valence-electron chi connectivity index (χ2n) is 5.67. The summed E-state index contributed by atoms with van der Waals surface area (Å²) in [6.07, 6.45) is 3.83. The predicted molar refractivity (Wildman–Crippen MR) is 68.9 cm³/mol. The van der Waals surface area contributed by atoms with Gasteiger partial charge < -0.3 is 5.32 Å². The Morgan fingerprint density at radius 2 is 1.88 bits per heavy atom. The van der Waals surface area contributed by atoms with Gasteiger partial charge in [-0.05, 0) is 0 Å². The summed E-state index contributed by atoms with van der Waals surface area (Å²) in [7, 11) is 0. The van der Waals surface area contributed by atoms with Crippen molar-refractivity contribution in [1.82, 2.24) is 20.2 Å². The van der Waals surface area contributed by atoms with Gasteiger partial charge in [-0.2, -0.15) is 0 Å². The molecular formula is C13H22N4. The third-order valence-corrected chi connectivity index (χ3v) is 3.07. The highest BCUT2D eigenvalue weighted by molar-refractivity contribution is 5.10. The van der Waals surface area contributed by atoms with E-state index in [1.807, 2.05) is 12.4 Å². The SMILES string of the molecule is CC(C)(C)c1cnc(CN2CCNCC2)cn1. The summed E-state index contributed by atoms with van der Waals surface area (Å²) < 4.78 is 0. The van der Waals surface area contributed by atoms with Gasteiger partial charge in [-0.25, -0.2) is 0 Å². The molecule has 4 heteroatoms. The lowest BCUT2D eigenvalue weighted by Crippen LogP contribution is -2.43. The average Bonchev–Trinajstić information content (AvgIpc) is 2.30. The van der Waals surface area contributed by atoms with Crippen LogP contribution >= 0.6 is 0 Å². The Kier molecular flexibility index (Phi) is 3.74. The molecule has 0 radical (unpaired) electrons. The van der Waals surface area contributed by atoms with Crippen molar-refractivity contribution in [2.45, 2.75) is 32.7 Å². The van der Waals surface area contributed by atoms with Gasteiger partial charge in [-0.3, -0.25) is 14.9 Å². The molecule has 94 valence electrons. The van der Waals surface area contributed by atoms with Crippen LogP contribution < -0.4 is 5.32 Å². The van der Waals surface area contributed by atoms with Crippen LogP contribution in [0.25, 0.3) is 0 Å². The summed E-state index contributed by atoms with van der Waals surface area (Å²) in [5, 5.41) is 3.35. The quantitative estimate of drug-likeness (QED) is 0.834. The van der Waals surface area contributed by atoms with Gasteiger partial charge in [0.2, 0.25) is 0 Å². The molecule has 2 rings (SSSR count). The van der Waals surface area contributed by atoms with Gasteiger partial charge in [-0.1, -0.05) is 20.8 Å². The second-order valence-corrected chi connectivity index (χ2v) is 5.67. The van der Waals surface area contributed by atoms with E-state index < -0.39 is 0 Å². The monoisotopic (exact) mass is 234 g/mol. The van der Waals surface area contributed by atoms with Crippen molar-refractivity contribution in [3.63, 3.8) is 0 Å². The minimum absolute atomic E-state index is 0.0839. The Labute approximate surface area is 103 Å². The van der Waals surface area contributed by atoms with Crippen molar-refractivity contribution < 1.29 is 0 Å². The van der Waals surface area contributed by atoms with Crippen molar-refractivity contribution in [3.05, 3.63) is 23.8 Å². The van der Waals surface area contributed by atoms with Crippen LogP contribution in [0.4, 0.5) is 0 Å². The van der Waals surface area contributed by atoms with Gasteiger partial charge in [0.25, 0.3) is 0 Å². The number of hydrogen-bond donors (Lipinski definition) is 1. The van der Waals surface area contributed by atoms with E-state index >= 15 is 0 Å². The average molecular weight is 234 g/mol. The van der Waals surface area contributed by atoms with E-state index in [2.05, 4.69) is 41.0 Å². The molecule has 1 N–H and O–H groups in total. The molecule has 0 aliphatic carbocycles. The molecule has 17 heavy (non-hydrogen) atoms. The lowest BCUT2D eigenvalue weighted by Gasteiger charge is -2.26. The fourth-order valence-electron chi connectivity index (χ4n) is 1.92. The molecule has 0 unspecified atom stereocenters. The number of nitrogens with one attached hydrogen (secondary N) is 1. The molecule has 4 nitrogen and oxygen atoms in total. The van der Waals surface area contributed by atoms with E-state index in [9.17, 15) is 0 Å². The molecular weight excluding hydrogens is 212 g/mol. The van der Waals surface area contributed by atoms with Crippen LogP contribution in [0.15, 0.2) is 12.4 Å². The largest absolute Gasteiger partial charge is 0.314 e. The summed E-state index contributed by atoms with van der Waals surface area (Å²) in [6.45, 7) is 11.7. The Balaban J connectivity index is 1.98. The first-order valence-corrected chi connectivity index (χ1v) is 6.30. The summed E-state index contributed by atoms with van der Waals surface area (Å²) in [4.78, 5) is 11.4. The molecule has 2 heterocycles. The Hall–Kier alpha value is -1.00. The minimum atomic E-state index is 0.0839. The van der Waals surface area contributed by atoms with Gasteiger partial charge in [-0.15, -0.1) is 0 Å². The van der Waals surface area contributed by atoms with Crippen LogP contribution in [0.1, 0.15) is 32.2 Å². The van der Waals surface area contributed by atoms with E-state index in [1.165, 1.54) is 0 Å². The Morgan fingerprint density at radius 3 is 2.41 bits per heavy atom. The van der Waals surface area contributed by atoms with E-state index in [0.717, 1.165) is 44.1 Å². The summed E-state index contributed by atoms with van der Waals surface area (Å²) in [6, 6.07) is 0. The van der Waals surface area contributed by atoms with Crippen LogP contribution in [0, 0.1) is 0 Å². The number of hydrogen-bond acceptors (Lipinski definition) is 4. The fourth-order valence-corrected chi connectivity index (χ4v) is 1.92. The van der Waals surface area contributed by atoms with Crippen LogP contribution in [0.5, 0.6) is 0 Å². The first-order valence-electron chi connectivity index (χ1n) is 6.30. The number of nitrogens with zero attached hydrogens (tertiary/aromatic N) is 3. The van der Waals surface area contributed by atoms with E-state index in [-0.39, 0.29) is 5.41 Å². The molecule has 1 aromatic rings. The lowest BCUT2D eigenvalue weighted by molar-refractivity contribution is 0.230. The zero-order chi connectivity index (χ0) is 12.3.